The first-order chi connectivity index (χ1) is 15.3. The first kappa shape index (κ1) is 21.4. The zero-order valence-electron chi connectivity index (χ0n) is 18.7. The molecule has 0 atom stereocenters. The van der Waals surface area contributed by atoms with E-state index < -0.39 is 4.92 Å². The summed E-state index contributed by atoms with van der Waals surface area (Å²) in [6.07, 6.45) is 7.26. The van der Waals surface area contributed by atoms with Crippen LogP contribution in [0.2, 0.25) is 0 Å². The first-order valence-electron chi connectivity index (χ1n) is 11.9. The van der Waals surface area contributed by atoms with Crippen molar-refractivity contribution in [3.63, 3.8) is 0 Å². The van der Waals surface area contributed by atoms with Gasteiger partial charge in [0.05, 0.1) is 22.6 Å². The number of nitrogens with zero attached hydrogens (tertiary/aromatic N) is 3. The van der Waals surface area contributed by atoms with E-state index in [2.05, 4.69) is 10.2 Å². The second-order valence-electron chi connectivity index (χ2n) is 10.6. The van der Waals surface area contributed by atoms with Crippen LogP contribution in [0.3, 0.4) is 0 Å². The lowest BCUT2D eigenvalue weighted by Gasteiger charge is -2.57. The normalized spacial score (nSPS) is 31.5. The number of piperazine rings is 1. The first-order valence-corrected chi connectivity index (χ1v) is 11.9. The number of hydrogen-bond acceptors (Lipinski definition) is 5. The molecule has 1 saturated heterocycles. The Morgan fingerprint density at radius 1 is 1.06 bits per heavy atom. The quantitative estimate of drug-likeness (QED) is 0.560. The summed E-state index contributed by atoms with van der Waals surface area (Å²) >= 11 is 0. The summed E-state index contributed by atoms with van der Waals surface area (Å²) in [7, 11) is 0. The maximum Gasteiger partial charge on any atom is 0.271 e. The number of nitro benzene ring substituents is 1. The lowest BCUT2D eigenvalue weighted by atomic mass is 9.49. The zero-order valence-corrected chi connectivity index (χ0v) is 18.7. The van der Waals surface area contributed by atoms with Gasteiger partial charge in [0, 0.05) is 38.3 Å². The highest BCUT2D eigenvalue weighted by Crippen LogP contribution is 2.60. The number of carbonyl (C=O) groups is 2. The number of carbonyl (C=O) groups excluding carboxylic acids is 2. The molecule has 1 heterocycles. The number of non-ortho nitro benzene ring substituents is 1. The summed E-state index contributed by atoms with van der Waals surface area (Å²) in [5.74, 6) is 2.45. The molecule has 0 radical (unpaired) electrons. The highest BCUT2D eigenvalue weighted by molar-refractivity contribution is 5.93. The Labute approximate surface area is 188 Å². The molecule has 0 unspecified atom stereocenters. The smallest absolute Gasteiger partial charge is 0.271 e. The van der Waals surface area contributed by atoms with Crippen molar-refractivity contribution in [2.24, 2.45) is 23.2 Å². The molecule has 1 aromatic rings. The molecule has 5 aliphatic rings. The van der Waals surface area contributed by atoms with Crippen molar-refractivity contribution in [2.45, 2.75) is 45.4 Å². The van der Waals surface area contributed by atoms with Gasteiger partial charge in [-0.15, -0.1) is 0 Å². The van der Waals surface area contributed by atoms with E-state index >= 15 is 0 Å². The molecule has 4 saturated carbocycles. The van der Waals surface area contributed by atoms with Crippen LogP contribution >= 0.6 is 0 Å². The summed E-state index contributed by atoms with van der Waals surface area (Å²) in [5, 5.41) is 13.8. The second kappa shape index (κ2) is 8.14. The molecule has 32 heavy (non-hydrogen) atoms. The Balaban J connectivity index is 1.15. The van der Waals surface area contributed by atoms with Crippen LogP contribution in [-0.2, 0) is 9.59 Å². The van der Waals surface area contributed by atoms with Gasteiger partial charge in [0.15, 0.2) is 0 Å². The lowest BCUT2D eigenvalue weighted by molar-refractivity contribution is -0.384. The highest BCUT2D eigenvalue weighted by atomic mass is 16.6. The van der Waals surface area contributed by atoms with Crippen LogP contribution in [0.25, 0.3) is 0 Å². The van der Waals surface area contributed by atoms with Crippen molar-refractivity contribution >= 4 is 23.2 Å². The minimum Gasteiger partial charge on any atom is -0.340 e. The number of amides is 2. The summed E-state index contributed by atoms with van der Waals surface area (Å²) < 4.78 is 0. The van der Waals surface area contributed by atoms with Gasteiger partial charge in [-0.3, -0.25) is 24.6 Å². The van der Waals surface area contributed by atoms with Gasteiger partial charge in [0.1, 0.15) is 0 Å². The van der Waals surface area contributed by atoms with Gasteiger partial charge in [0.25, 0.3) is 5.69 Å². The van der Waals surface area contributed by atoms with E-state index in [1.165, 1.54) is 31.4 Å². The molecule has 0 spiro atoms. The van der Waals surface area contributed by atoms with E-state index in [4.69, 9.17) is 0 Å². The SMILES string of the molecule is Cc1ccc([N+](=O)[O-])cc1NC(=O)CN1CCN(C(=O)C23CC4CC(CC(C4)C2)C3)CC1. The van der Waals surface area contributed by atoms with E-state index in [-0.39, 0.29) is 23.6 Å². The van der Waals surface area contributed by atoms with E-state index in [0.717, 1.165) is 42.6 Å². The number of nitrogens with one attached hydrogen (secondary N) is 1. The second-order valence-corrected chi connectivity index (χ2v) is 10.6. The number of hydrogen-bond donors (Lipinski definition) is 1. The standard InChI is InChI=1S/C24H32N4O4/c1-16-2-3-20(28(31)32)11-21(16)25-22(29)15-26-4-6-27(7-5-26)23(30)24-12-17-8-18(13-24)10-19(9-17)14-24/h2-3,11,17-19H,4-10,12-15H2,1H3,(H,25,29). The molecule has 8 heteroatoms. The van der Waals surface area contributed by atoms with Gasteiger partial charge >= 0.3 is 0 Å². The van der Waals surface area contributed by atoms with Crippen LogP contribution < -0.4 is 5.32 Å². The number of aryl methyl sites for hydroxylation is 1. The Bertz CT molecular complexity index is 903. The fourth-order valence-corrected chi connectivity index (χ4v) is 7.07. The van der Waals surface area contributed by atoms with Gasteiger partial charge < -0.3 is 10.2 Å². The maximum absolute atomic E-state index is 13.5. The predicted molar refractivity (Wildman–Crippen MR) is 120 cm³/mol. The van der Waals surface area contributed by atoms with Gasteiger partial charge in [-0.1, -0.05) is 6.07 Å². The molecule has 5 fully saturated rings. The molecule has 8 nitrogen and oxygen atoms in total. The van der Waals surface area contributed by atoms with E-state index in [9.17, 15) is 19.7 Å². The van der Waals surface area contributed by atoms with Crippen LogP contribution in [-0.4, -0.2) is 59.3 Å². The summed E-state index contributed by atoms with van der Waals surface area (Å²) in [4.78, 5) is 40.7. The largest absolute Gasteiger partial charge is 0.340 e. The topological polar surface area (TPSA) is 95.8 Å². The fourth-order valence-electron chi connectivity index (χ4n) is 7.07. The van der Waals surface area contributed by atoms with Crippen LogP contribution in [0.15, 0.2) is 18.2 Å². The molecule has 172 valence electrons. The highest BCUT2D eigenvalue weighted by Gasteiger charge is 2.55. The van der Waals surface area contributed by atoms with E-state index in [1.54, 1.807) is 6.07 Å². The van der Waals surface area contributed by atoms with Gasteiger partial charge in [0.2, 0.25) is 11.8 Å². The molecule has 1 N–H and O–H groups in total. The van der Waals surface area contributed by atoms with Gasteiger partial charge in [-0.05, 0) is 68.8 Å². The Kier molecular flexibility index (Phi) is 5.43. The van der Waals surface area contributed by atoms with Crippen molar-refractivity contribution in [2.75, 3.05) is 38.0 Å². The number of benzene rings is 1. The van der Waals surface area contributed by atoms with Crippen LogP contribution in [0.1, 0.15) is 44.1 Å². The van der Waals surface area contributed by atoms with Crippen LogP contribution in [0.5, 0.6) is 0 Å². The summed E-state index contributed by atoms with van der Waals surface area (Å²) in [5.41, 5.74) is 1.12. The van der Waals surface area contributed by atoms with Gasteiger partial charge in [-0.25, -0.2) is 0 Å². The average molecular weight is 441 g/mol. The average Bonchev–Trinajstić information content (AvgIpc) is 2.74. The molecule has 1 aliphatic heterocycles. The van der Waals surface area contributed by atoms with Crippen molar-refractivity contribution in [3.8, 4) is 0 Å². The molecule has 4 aliphatic carbocycles. The molecule has 6 rings (SSSR count). The van der Waals surface area contributed by atoms with Crippen LogP contribution in [0, 0.1) is 40.2 Å². The third-order valence-electron chi connectivity index (χ3n) is 8.22. The summed E-state index contributed by atoms with van der Waals surface area (Å²) in [6.45, 7) is 4.74. The van der Waals surface area contributed by atoms with Crippen molar-refractivity contribution < 1.29 is 14.5 Å². The number of anilines is 1. The zero-order chi connectivity index (χ0) is 22.5. The minimum atomic E-state index is -0.463. The van der Waals surface area contributed by atoms with E-state index in [1.807, 2.05) is 11.8 Å². The Morgan fingerprint density at radius 2 is 1.66 bits per heavy atom. The molecular formula is C24H32N4O4. The number of nitro groups is 1. The maximum atomic E-state index is 13.5. The third kappa shape index (κ3) is 4.00. The Hall–Kier alpha value is -2.48. The molecule has 4 bridgehead atoms. The number of rotatable bonds is 5. The van der Waals surface area contributed by atoms with Crippen LogP contribution in [0.4, 0.5) is 11.4 Å². The molecule has 0 aromatic heterocycles. The lowest BCUT2D eigenvalue weighted by Crippen LogP contribution is -2.58. The molecule has 2 amide bonds. The molecule has 1 aromatic carbocycles. The minimum absolute atomic E-state index is 0.0392. The summed E-state index contributed by atoms with van der Waals surface area (Å²) in [6, 6.07) is 4.48. The van der Waals surface area contributed by atoms with E-state index in [0.29, 0.717) is 37.8 Å². The molecular weight excluding hydrogens is 408 g/mol. The fraction of sp³-hybridized carbons (Fsp3) is 0.667. The van der Waals surface area contributed by atoms with Crippen molar-refractivity contribution in [1.82, 2.24) is 9.80 Å². The third-order valence-corrected chi connectivity index (χ3v) is 8.22. The van der Waals surface area contributed by atoms with Crippen molar-refractivity contribution in [3.05, 3.63) is 33.9 Å². The monoisotopic (exact) mass is 440 g/mol. The predicted octanol–water partition coefficient (Wildman–Crippen LogP) is 3.20. The Morgan fingerprint density at radius 3 is 2.22 bits per heavy atom. The van der Waals surface area contributed by atoms with Gasteiger partial charge in [-0.2, -0.15) is 0 Å². The van der Waals surface area contributed by atoms with Crippen molar-refractivity contribution in [1.29, 1.82) is 0 Å².